The van der Waals surface area contributed by atoms with Crippen molar-refractivity contribution in [3.8, 4) is 5.75 Å². The van der Waals surface area contributed by atoms with Crippen molar-refractivity contribution in [2.24, 2.45) is 0 Å². The molecule has 0 saturated heterocycles. The number of benzene rings is 1. The van der Waals surface area contributed by atoms with E-state index >= 15 is 0 Å². The summed E-state index contributed by atoms with van der Waals surface area (Å²) < 4.78 is 25.6. The molecule has 2 aliphatic rings. The summed E-state index contributed by atoms with van der Waals surface area (Å²) in [5.74, 6) is 0.367. The quantitative estimate of drug-likeness (QED) is 0.335. The van der Waals surface area contributed by atoms with Gasteiger partial charge in [0, 0.05) is 38.9 Å². The first kappa shape index (κ1) is 21.6. The summed E-state index contributed by atoms with van der Waals surface area (Å²) in [6.45, 7) is 7.89. The summed E-state index contributed by atoms with van der Waals surface area (Å²) in [6.07, 6.45) is 7.17. The van der Waals surface area contributed by atoms with Gasteiger partial charge in [0.05, 0.1) is 5.69 Å². The van der Waals surface area contributed by atoms with E-state index in [2.05, 4.69) is 36.9 Å². The third-order valence-corrected chi connectivity index (χ3v) is 7.64. The molecular weight excluding hydrogens is 371 g/mol. The van der Waals surface area contributed by atoms with Gasteiger partial charge < -0.3 is 19.7 Å². The molecule has 6 heteroatoms. The summed E-state index contributed by atoms with van der Waals surface area (Å²) >= 11 is 0. The van der Waals surface area contributed by atoms with E-state index < -0.39 is 8.07 Å². The van der Waals surface area contributed by atoms with Crippen molar-refractivity contribution in [2.45, 2.75) is 82.3 Å². The molecule has 0 radical (unpaired) electrons. The highest BCUT2D eigenvalue weighted by Gasteiger charge is 2.37. The second kappa shape index (κ2) is 9.59. The van der Waals surface area contributed by atoms with Crippen molar-refractivity contribution in [1.82, 2.24) is 5.32 Å². The molecule has 3 rings (SSSR count). The fraction of sp³-hybridized carbons (Fsp3) is 0.727. The van der Waals surface area contributed by atoms with Crippen LogP contribution in [-0.2, 0) is 4.74 Å². The number of rotatable bonds is 10. The van der Waals surface area contributed by atoms with E-state index in [1.165, 1.54) is 44.6 Å². The molecule has 0 spiro atoms. The van der Waals surface area contributed by atoms with Crippen molar-refractivity contribution in [2.75, 3.05) is 25.3 Å². The zero-order valence-electron chi connectivity index (χ0n) is 18.0. The van der Waals surface area contributed by atoms with Crippen LogP contribution < -0.4 is 15.0 Å². The molecule has 1 aromatic rings. The molecule has 28 heavy (non-hydrogen) atoms. The van der Waals surface area contributed by atoms with Crippen LogP contribution in [0.4, 0.5) is 10.1 Å². The second-order valence-corrected chi connectivity index (χ2v) is 15.1. The van der Waals surface area contributed by atoms with E-state index in [9.17, 15) is 4.39 Å². The number of ether oxygens (including phenoxy) is 2. The number of nitrogens with zero attached hydrogens (tertiary/aromatic N) is 1. The number of anilines is 1. The summed E-state index contributed by atoms with van der Waals surface area (Å²) in [6, 6.07) is 7.79. The van der Waals surface area contributed by atoms with Crippen molar-refractivity contribution in [3.63, 3.8) is 0 Å². The largest absolute Gasteiger partial charge is 0.465 e. The first-order valence-electron chi connectivity index (χ1n) is 10.8. The molecule has 0 aliphatic heterocycles. The molecule has 4 nitrogen and oxygen atoms in total. The highest BCUT2D eigenvalue weighted by molar-refractivity contribution is 6.76. The van der Waals surface area contributed by atoms with Crippen molar-refractivity contribution < 1.29 is 13.9 Å². The second-order valence-electron chi connectivity index (χ2n) is 9.53. The van der Waals surface area contributed by atoms with Crippen LogP contribution >= 0.6 is 0 Å². The van der Waals surface area contributed by atoms with Gasteiger partial charge >= 0.3 is 0 Å². The number of nitrogens with one attached hydrogen (secondary N) is 1. The zero-order chi connectivity index (χ0) is 20.1. The molecule has 0 amide bonds. The molecule has 0 aromatic heterocycles. The lowest BCUT2D eigenvalue weighted by Gasteiger charge is -2.39. The zero-order valence-corrected chi connectivity index (χ0v) is 19.0. The summed E-state index contributed by atoms with van der Waals surface area (Å²) in [7, 11) is 0.937. The van der Waals surface area contributed by atoms with Gasteiger partial charge in [-0.05, 0) is 63.7 Å². The number of hydrogen-bond acceptors (Lipinski definition) is 4. The molecular formula is C22H37FN2O2Si. The number of halogens is 1. The Morgan fingerprint density at radius 2 is 1.71 bits per heavy atom. The Balaban J connectivity index is 1.66. The lowest BCUT2D eigenvalue weighted by molar-refractivity contribution is 0.0221. The van der Waals surface area contributed by atoms with Gasteiger partial charge in [-0.3, -0.25) is 0 Å². The summed E-state index contributed by atoms with van der Waals surface area (Å²) in [4.78, 5) is 2.52. The summed E-state index contributed by atoms with van der Waals surface area (Å²) in [5.41, 5.74) is 1.03. The monoisotopic (exact) mass is 408 g/mol. The smallest absolute Gasteiger partial charge is 0.189 e. The lowest BCUT2D eigenvalue weighted by Crippen LogP contribution is -2.43. The predicted octanol–water partition coefficient (Wildman–Crippen LogP) is 5.02. The van der Waals surface area contributed by atoms with Gasteiger partial charge in [0.1, 0.15) is 11.6 Å². The first-order valence-corrected chi connectivity index (χ1v) is 14.5. The SMILES string of the molecule is CNC1CCC(N(c2ccc(F)cc2OCOCC[Si](C)(C)C)C2CC2)CC1. The Hall–Kier alpha value is -1.11. The standard InChI is InChI=1S/C22H37FN2O2Si/c1-24-18-6-8-19(9-7-18)25(20-10-11-20)21-12-5-17(23)15-22(21)27-16-26-13-14-28(2,3)4/h5,12,15,18-20,24H,6-11,13-14,16H2,1-4H3. The van der Waals surface area contributed by atoms with Gasteiger partial charge in [-0.1, -0.05) is 19.6 Å². The molecule has 2 saturated carbocycles. The van der Waals surface area contributed by atoms with Crippen molar-refractivity contribution >= 4 is 13.8 Å². The minimum atomic E-state index is -1.12. The molecule has 158 valence electrons. The Labute approximate surface area is 170 Å². The van der Waals surface area contributed by atoms with Gasteiger partial charge in [0.15, 0.2) is 6.79 Å². The van der Waals surface area contributed by atoms with Gasteiger partial charge in [0.2, 0.25) is 0 Å². The normalized spacial score (nSPS) is 22.9. The van der Waals surface area contributed by atoms with Crippen LogP contribution in [0.15, 0.2) is 18.2 Å². The minimum Gasteiger partial charge on any atom is -0.465 e. The number of hydrogen-bond donors (Lipinski definition) is 1. The van der Waals surface area contributed by atoms with Gasteiger partial charge in [-0.15, -0.1) is 0 Å². The summed E-state index contributed by atoms with van der Waals surface area (Å²) in [5, 5.41) is 3.41. The topological polar surface area (TPSA) is 33.7 Å². The molecule has 2 fully saturated rings. The third-order valence-electron chi connectivity index (χ3n) is 5.93. The van der Waals surface area contributed by atoms with E-state index in [-0.39, 0.29) is 12.6 Å². The van der Waals surface area contributed by atoms with Crippen LogP contribution in [0.1, 0.15) is 38.5 Å². The van der Waals surface area contributed by atoms with Gasteiger partial charge in [-0.25, -0.2) is 4.39 Å². The fourth-order valence-electron chi connectivity index (χ4n) is 4.05. The van der Waals surface area contributed by atoms with E-state index in [1.54, 1.807) is 6.07 Å². The maximum Gasteiger partial charge on any atom is 0.189 e. The van der Waals surface area contributed by atoms with Crippen LogP contribution in [0.3, 0.4) is 0 Å². The van der Waals surface area contributed by atoms with Crippen LogP contribution in [0.5, 0.6) is 5.75 Å². The third kappa shape index (κ3) is 6.19. The Kier molecular flexibility index (Phi) is 7.40. The van der Waals surface area contributed by atoms with E-state index in [4.69, 9.17) is 9.47 Å². The molecule has 0 unspecified atom stereocenters. The van der Waals surface area contributed by atoms with Gasteiger partial charge in [0.25, 0.3) is 0 Å². The van der Waals surface area contributed by atoms with Crippen LogP contribution in [-0.4, -0.2) is 46.6 Å². The Morgan fingerprint density at radius 1 is 1.07 bits per heavy atom. The Bertz CT molecular complexity index is 625. The van der Waals surface area contributed by atoms with E-state index in [0.29, 0.717) is 30.5 Å². The maximum atomic E-state index is 14.0. The minimum absolute atomic E-state index is 0.186. The molecule has 2 aliphatic carbocycles. The first-order chi connectivity index (χ1) is 13.4. The van der Waals surface area contributed by atoms with Crippen LogP contribution in [0, 0.1) is 5.82 Å². The predicted molar refractivity (Wildman–Crippen MR) is 117 cm³/mol. The molecule has 0 heterocycles. The van der Waals surface area contributed by atoms with E-state index in [0.717, 1.165) is 11.7 Å². The van der Waals surface area contributed by atoms with Crippen LogP contribution in [0.2, 0.25) is 25.7 Å². The average Bonchev–Trinajstić information content (AvgIpc) is 3.48. The van der Waals surface area contributed by atoms with Gasteiger partial charge in [-0.2, -0.15) is 0 Å². The highest BCUT2D eigenvalue weighted by Crippen LogP contribution is 2.42. The Morgan fingerprint density at radius 3 is 2.29 bits per heavy atom. The molecule has 0 bridgehead atoms. The molecule has 0 atom stereocenters. The van der Waals surface area contributed by atoms with Crippen LogP contribution in [0.25, 0.3) is 0 Å². The lowest BCUT2D eigenvalue weighted by atomic mass is 9.89. The van der Waals surface area contributed by atoms with Crippen molar-refractivity contribution in [1.29, 1.82) is 0 Å². The van der Waals surface area contributed by atoms with Crippen molar-refractivity contribution in [3.05, 3.63) is 24.0 Å². The molecule has 1 aromatic carbocycles. The highest BCUT2D eigenvalue weighted by atomic mass is 28.3. The maximum absolute atomic E-state index is 14.0. The molecule has 1 N–H and O–H groups in total. The average molecular weight is 409 g/mol. The van der Waals surface area contributed by atoms with E-state index in [1.807, 2.05) is 6.07 Å². The fourth-order valence-corrected chi connectivity index (χ4v) is 4.80.